The van der Waals surface area contributed by atoms with E-state index in [4.69, 9.17) is 10.5 Å². The van der Waals surface area contributed by atoms with Crippen LogP contribution in [0.1, 0.15) is 11.1 Å². The zero-order valence-corrected chi connectivity index (χ0v) is 17.1. The van der Waals surface area contributed by atoms with Gasteiger partial charge >= 0.3 is 12.5 Å². The Bertz CT molecular complexity index is 1110. The van der Waals surface area contributed by atoms with Crippen LogP contribution < -0.4 is 15.8 Å². The minimum atomic E-state index is -4.75. The van der Waals surface area contributed by atoms with Crippen molar-refractivity contribution in [1.29, 1.82) is 0 Å². The molecule has 3 aromatic carbocycles. The van der Waals surface area contributed by atoms with Crippen LogP contribution >= 0.6 is 0 Å². The summed E-state index contributed by atoms with van der Waals surface area (Å²) in [5.74, 6) is -0.184. The molecule has 0 fully saturated rings. The summed E-state index contributed by atoms with van der Waals surface area (Å²) in [6.07, 6.45) is -4.16. The van der Waals surface area contributed by atoms with Crippen LogP contribution in [0.3, 0.4) is 0 Å². The lowest BCUT2D eigenvalue weighted by atomic mass is 10.2. The molecule has 0 aliphatic heterocycles. The smallest absolute Gasteiger partial charge is 0.444 e. The number of benzene rings is 3. The van der Waals surface area contributed by atoms with Crippen molar-refractivity contribution in [3.05, 3.63) is 90.0 Å². The van der Waals surface area contributed by atoms with Gasteiger partial charge in [0.15, 0.2) is 0 Å². The fourth-order valence-electron chi connectivity index (χ4n) is 2.57. The number of halogens is 3. The van der Waals surface area contributed by atoms with Gasteiger partial charge in [0.1, 0.15) is 24.5 Å². The van der Waals surface area contributed by atoms with Crippen molar-refractivity contribution in [3.8, 4) is 5.75 Å². The van der Waals surface area contributed by atoms with Gasteiger partial charge in [-0.25, -0.2) is 14.8 Å². The molecule has 0 bridgehead atoms. The predicted molar refractivity (Wildman–Crippen MR) is 119 cm³/mol. The van der Waals surface area contributed by atoms with Gasteiger partial charge in [0.25, 0.3) is 0 Å². The van der Waals surface area contributed by atoms with Gasteiger partial charge in [0.2, 0.25) is 0 Å². The van der Waals surface area contributed by atoms with Crippen LogP contribution in [-0.2, 0) is 11.3 Å². The molecule has 10 heteroatoms. The number of carbonyl (C=O) groups is 1. The number of nitrogens with zero attached hydrogens (tertiary/aromatic N) is 2. The maximum absolute atomic E-state index is 12.2. The van der Waals surface area contributed by atoms with Crippen LogP contribution in [-0.4, -0.2) is 24.6 Å². The third kappa shape index (κ3) is 8.02. The van der Waals surface area contributed by atoms with Crippen molar-refractivity contribution in [1.82, 2.24) is 0 Å². The Labute approximate surface area is 187 Å². The number of alkyl halides is 3. The van der Waals surface area contributed by atoms with Gasteiger partial charge in [-0.1, -0.05) is 30.3 Å². The third-order valence-electron chi connectivity index (χ3n) is 4.11. The number of aliphatic imine (C=N–C) groups is 2. The molecule has 0 atom stereocenters. The molecule has 3 rings (SSSR count). The summed E-state index contributed by atoms with van der Waals surface area (Å²) in [6.45, 7) is 0.155. The second kappa shape index (κ2) is 10.8. The highest BCUT2D eigenvalue weighted by Crippen LogP contribution is 2.24. The monoisotopic (exact) mass is 456 g/mol. The number of carbonyl (C=O) groups excluding carboxylic acids is 1. The molecule has 0 unspecified atom stereocenters. The normalized spacial score (nSPS) is 11.9. The highest BCUT2D eigenvalue weighted by atomic mass is 19.4. The lowest BCUT2D eigenvalue weighted by Crippen LogP contribution is -2.16. The Hall–Kier alpha value is -4.34. The summed E-state index contributed by atoms with van der Waals surface area (Å²) < 4.78 is 45.5. The average molecular weight is 456 g/mol. The number of hydrogen-bond acceptors (Lipinski definition) is 4. The number of nitrogens with two attached hydrogens (primary N) is 1. The van der Waals surface area contributed by atoms with Crippen molar-refractivity contribution in [2.45, 2.75) is 13.0 Å². The Morgan fingerprint density at radius 3 is 2.27 bits per heavy atom. The molecule has 1 amide bonds. The van der Waals surface area contributed by atoms with Crippen molar-refractivity contribution in [2.75, 3.05) is 5.32 Å². The van der Waals surface area contributed by atoms with E-state index in [1.807, 2.05) is 30.3 Å². The first kappa shape index (κ1) is 23.3. The van der Waals surface area contributed by atoms with E-state index in [0.717, 1.165) is 17.7 Å². The summed E-state index contributed by atoms with van der Waals surface area (Å²) in [7, 11) is 0. The number of amides is 1. The molecular formula is C23H19F3N4O3. The van der Waals surface area contributed by atoms with Crippen LogP contribution in [0.25, 0.3) is 0 Å². The number of hydrogen-bond donors (Lipinski definition) is 2. The van der Waals surface area contributed by atoms with Crippen LogP contribution in [0.5, 0.6) is 5.75 Å². The SMILES string of the molecule is NC(=NC=Nc1ccc(OC(F)(F)F)cc1)c1ccc(NC(=O)OCc2ccccc2)cc1. The van der Waals surface area contributed by atoms with Crippen molar-refractivity contribution < 1.29 is 27.4 Å². The lowest BCUT2D eigenvalue weighted by molar-refractivity contribution is -0.274. The van der Waals surface area contributed by atoms with E-state index in [1.54, 1.807) is 24.3 Å². The van der Waals surface area contributed by atoms with Crippen molar-refractivity contribution in [3.63, 3.8) is 0 Å². The molecule has 0 heterocycles. The molecule has 3 N–H and O–H groups in total. The molecule has 33 heavy (non-hydrogen) atoms. The van der Waals surface area contributed by atoms with E-state index in [9.17, 15) is 18.0 Å². The first-order valence-electron chi connectivity index (χ1n) is 9.58. The number of ether oxygens (including phenoxy) is 2. The lowest BCUT2D eigenvalue weighted by Gasteiger charge is -2.08. The van der Waals surface area contributed by atoms with Crippen LogP contribution in [0.4, 0.5) is 29.3 Å². The molecule has 0 aliphatic rings. The Morgan fingerprint density at radius 1 is 0.970 bits per heavy atom. The van der Waals surface area contributed by atoms with Gasteiger partial charge in [-0.15, -0.1) is 13.2 Å². The number of amidine groups is 1. The van der Waals surface area contributed by atoms with E-state index < -0.39 is 12.5 Å². The average Bonchev–Trinajstić information content (AvgIpc) is 2.79. The van der Waals surface area contributed by atoms with Gasteiger partial charge in [0.05, 0.1) is 5.69 Å². The van der Waals surface area contributed by atoms with Crippen LogP contribution in [0, 0.1) is 0 Å². The molecular weight excluding hydrogens is 437 g/mol. The summed E-state index contributed by atoms with van der Waals surface area (Å²) in [6, 6.07) is 20.9. The molecule has 0 saturated heterocycles. The Morgan fingerprint density at radius 2 is 1.64 bits per heavy atom. The molecule has 0 aliphatic carbocycles. The van der Waals surface area contributed by atoms with Crippen LogP contribution in [0.2, 0.25) is 0 Å². The summed E-state index contributed by atoms with van der Waals surface area (Å²) in [5.41, 5.74) is 8.26. The Kier molecular flexibility index (Phi) is 7.64. The largest absolute Gasteiger partial charge is 0.573 e. The van der Waals surface area contributed by atoms with Gasteiger partial charge in [-0.05, 0) is 54.1 Å². The third-order valence-corrected chi connectivity index (χ3v) is 4.11. The maximum Gasteiger partial charge on any atom is 0.573 e. The van der Waals surface area contributed by atoms with E-state index in [2.05, 4.69) is 20.0 Å². The molecule has 3 aromatic rings. The number of anilines is 1. The first-order valence-corrected chi connectivity index (χ1v) is 9.58. The second-order valence-corrected chi connectivity index (χ2v) is 6.56. The maximum atomic E-state index is 12.2. The van der Waals surface area contributed by atoms with Gasteiger partial charge < -0.3 is 15.2 Å². The standard InChI is InChI=1S/C23H19F3N4O3/c24-23(25,26)33-20-12-10-18(11-13-20)28-15-29-21(27)17-6-8-19(9-7-17)30-22(31)32-14-16-4-2-1-3-5-16/h1-13,15H,14H2,(H,30,31)(H2,27,28,29). The highest BCUT2D eigenvalue weighted by molar-refractivity contribution is 6.01. The van der Waals surface area contributed by atoms with E-state index in [0.29, 0.717) is 16.9 Å². The van der Waals surface area contributed by atoms with Crippen LogP contribution in [0.15, 0.2) is 88.8 Å². The van der Waals surface area contributed by atoms with E-state index in [-0.39, 0.29) is 18.2 Å². The topological polar surface area (TPSA) is 98.3 Å². The summed E-state index contributed by atoms with van der Waals surface area (Å²) >= 11 is 0. The molecule has 0 radical (unpaired) electrons. The molecule has 7 nitrogen and oxygen atoms in total. The highest BCUT2D eigenvalue weighted by Gasteiger charge is 2.30. The van der Waals surface area contributed by atoms with E-state index in [1.165, 1.54) is 18.5 Å². The van der Waals surface area contributed by atoms with E-state index >= 15 is 0 Å². The quantitative estimate of drug-likeness (QED) is 0.367. The second-order valence-electron chi connectivity index (χ2n) is 6.56. The predicted octanol–water partition coefficient (Wildman–Crippen LogP) is 5.40. The zero-order valence-electron chi connectivity index (χ0n) is 17.1. The Balaban J connectivity index is 1.51. The molecule has 0 spiro atoms. The number of rotatable bonds is 7. The van der Waals surface area contributed by atoms with Gasteiger partial charge in [-0.2, -0.15) is 0 Å². The molecule has 0 saturated carbocycles. The minimum Gasteiger partial charge on any atom is -0.444 e. The first-order chi connectivity index (χ1) is 15.8. The van der Waals surface area contributed by atoms with Crippen molar-refractivity contribution in [2.24, 2.45) is 15.7 Å². The summed E-state index contributed by atoms with van der Waals surface area (Å²) in [5, 5.41) is 2.61. The molecule has 0 aromatic heterocycles. The minimum absolute atomic E-state index is 0.155. The fraction of sp³-hybridized carbons (Fsp3) is 0.0870. The van der Waals surface area contributed by atoms with Crippen molar-refractivity contribution >= 4 is 29.6 Å². The van der Waals surface area contributed by atoms with Gasteiger partial charge in [-0.3, -0.25) is 5.32 Å². The number of nitrogens with one attached hydrogen (secondary N) is 1. The molecule has 170 valence electrons. The summed E-state index contributed by atoms with van der Waals surface area (Å²) in [4.78, 5) is 19.9. The van der Waals surface area contributed by atoms with Gasteiger partial charge in [0, 0.05) is 11.3 Å². The zero-order chi connectivity index (χ0) is 23.7. The fourth-order valence-corrected chi connectivity index (χ4v) is 2.57.